The summed E-state index contributed by atoms with van der Waals surface area (Å²) in [7, 11) is 2.14. The SMILES string of the molecule is CCOC1(C(CC2CCCC2)NC)CCCCCC1. The molecule has 0 saturated heterocycles. The monoisotopic (exact) mass is 267 g/mol. The molecule has 112 valence electrons. The highest BCUT2D eigenvalue weighted by Gasteiger charge is 2.40. The molecule has 2 aliphatic carbocycles. The standard InChI is InChI=1S/C17H33NO/c1-3-19-17(12-8-4-5-9-13-17)16(18-2)14-15-10-6-7-11-15/h15-16,18H,3-14H2,1-2H3. The summed E-state index contributed by atoms with van der Waals surface area (Å²) in [5.41, 5.74) is 0.128. The van der Waals surface area contributed by atoms with Gasteiger partial charge in [-0.05, 0) is 39.2 Å². The zero-order chi connectivity index (χ0) is 13.6. The highest BCUT2D eigenvalue weighted by molar-refractivity contribution is 4.95. The van der Waals surface area contributed by atoms with Crippen molar-refractivity contribution in [2.75, 3.05) is 13.7 Å². The first-order valence-corrected chi connectivity index (χ1v) is 8.62. The second kappa shape index (κ2) is 7.64. The van der Waals surface area contributed by atoms with Crippen molar-refractivity contribution in [3.63, 3.8) is 0 Å². The summed E-state index contributed by atoms with van der Waals surface area (Å²) in [6, 6.07) is 0.564. The summed E-state index contributed by atoms with van der Waals surface area (Å²) in [4.78, 5) is 0. The van der Waals surface area contributed by atoms with Crippen LogP contribution in [0.2, 0.25) is 0 Å². The summed E-state index contributed by atoms with van der Waals surface area (Å²) in [5, 5.41) is 3.63. The molecule has 2 fully saturated rings. The van der Waals surface area contributed by atoms with E-state index in [9.17, 15) is 0 Å². The van der Waals surface area contributed by atoms with Crippen LogP contribution < -0.4 is 5.32 Å². The van der Waals surface area contributed by atoms with Gasteiger partial charge in [0, 0.05) is 12.6 Å². The van der Waals surface area contributed by atoms with E-state index >= 15 is 0 Å². The van der Waals surface area contributed by atoms with Crippen molar-refractivity contribution in [3.05, 3.63) is 0 Å². The Bertz CT molecular complexity index is 240. The largest absolute Gasteiger partial charge is 0.374 e. The average molecular weight is 267 g/mol. The fourth-order valence-corrected chi connectivity index (χ4v) is 4.38. The average Bonchev–Trinajstić information content (AvgIpc) is 2.82. The second-order valence-corrected chi connectivity index (χ2v) is 6.64. The summed E-state index contributed by atoms with van der Waals surface area (Å²) in [6.07, 6.45) is 15.1. The Balaban J connectivity index is 2.03. The molecule has 0 aliphatic heterocycles. The fourth-order valence-electron chi connectivity index (χ4n) is 4.38. The Morgan fingerprint density at radius 1 is 1.05 bits per heavy atom. The highest BCUT2D eigenvalue weighted by atomic mass is 16.5. The van der Waals surface area contributed by atoms with E-state index in [1.165, 1.54) is 70.6 Å². The van der Waals surface area contributed by atoms with Crippen LogP contribution in [0.25, 0.3) is 0 Å². The lowest BCUT2D eigenvalue weighted by Gasteiger charge is -2.41. The Labute approximate surface area is 119 Å². The minimum atomic E-state index is 0.128. The maximum atomic E-state index is 6.35. The zero-order valence-electron chi connectivity index (χ0n) is 13.0. The van der Waals surface area contributed by atoms with Gasteiger partial charge in [-0.3, -0.25) is 0 Å². The van der Waals surface area contributed by atoms with E-state index in [0.29, 0.717) is 6.04 Å². The van der Waals surface area contributed by atoms with Crippen LogP contribution in [0.4, 0.5) is 0 Å². The summed E-state index contributed by atoms with van der Waals surface area (Å²) >= 11 is 0. The summed E-state index contributed by atoms with van der Waals surface area (Å²) in [5.74, 6) is 0.943. The molecule has 2 rings (SSSR count). The van der Waals surface area contributed by atoms with Crippen molar-refractivity contribution in [2.45, 2.75) is 89.2 Å². The lowest BCUT2D eigenvalue weighted by molar-refractivity contribution is -0.0799. The van der Waals surface area contributed by atoms with Crippen molar-refractivity contribution >= 4 is 0 Å². The molecule has 0 aromatic carbocycles. The molecule has 0 heterocycles. The third kappa shape index (κ3) is 3.95. The predicted molar refractivity (Wildman–Crippen MR) is 81.5 cm³/mol. The Hall–Kier alpha value is -0.0800. The molecule has 0 aromatic heterocycles. The van der Waals surface area contributed by atoms with Gasteiger partial charge in [-0.1, -0.05) is 51.4 Å². The number of ether oxygens (including phenoxy) is 1. The quantitative estimate of drug-likeness (QED) is 0.725. The molecule has 2 nitrogen and oxygen atoms in total. The van der Waals surface area contributed by atoms with Gasteiger partial charge in [0.05, 0.1) is 5.60 Å². The number of rotatable bonds is 6. The maximum absolute atomic E-state index is 6.35. The van der Waals surface area contributed by atoms with Gasteiger partial charge in [0.2, 0.25) is 0 Å². The molecular weight excluding hydrogens is 234 g/mol. The number of nitrogens with one attached hydrogen (secondary N) is 1. The molecule has 1 N–H and O–H groups in total. The van der Waals surface area contributed by atoms with Gasteiger partial charge in [0.25, 0.3) is 0 Å². The Morgan fingerprint density at radius 3 is 2.21 bits per heavy atom. The summed E-state index contributed by atoms with van der Waals surface area (Å²) < 4.78 is 6.35. The minimum absolute atomic E-state index is 0.128. The fraction of sp³-hybridized carbons (Fsp3) is 1.00. The van der Waals surface area contributed by atoms with E-state index in [0.717, 1.165) is 12.5 Å². The van der Waals surface area contributed by atoms with Crippen molar-refractivity contribution in [3.8, 4) is 0 Å². The van der Waals surface area contributed by atoms with Crippen molar-refractivity contribution in [1.29, 1.82) is 0 Å². The topological polar surface area (TPSA) is 21.3 Å². The molecule has 1 atom stereocenters. The molecule has 2 aliphatic rings. The van der Waals surface area contributed by atoms with Crippen LogP contribution in [0.15, 0.2) is 0 Å². The molecule has 0 spiro atoms. The smallest absolute Gasteiger partial charge is 0.0834 e. The normalized spacial score (nSPS) is 26.2. The molecule has 2 saturated carbocycles. The van der Waals surface area contributed by atoms with Gasteiger partial charge in [0.1, 0.15) is 0 Å². The lowest BCUT2D eigenvalue weighted by Crippen LogP contribution is -2.52. The van der Waals surface area contributed by atoms with E-state index in [1.807, 2.05) is 0 Å². The zero-order valence-corrected chi connectivity index (χ0v) is 13.0. The minimum Gasteiger partial charge on any atom is -0.374 e. The number of likely N-dealkylation sites (N-methyl/N-ethyl adjacent to an activating group) is 1. The lowest BCUT2D eigenvalue weighted by atomic mass is 9.81. The van der Waals surface area contributed by atoms with Crippen LogP contribution in [0.1, 0.15) is 77.6 Å². The van der Waals surface area contributed by atoms with Crippen LogP contribution in [0.3, 0.4) is 0 Å². The van der Waals surface area contributed by atoms with Crippen LogP contribution >= 0.6 is 0 Å². The number of hydrogen-bond donors (Lipinski definition) is 1. The first-order valence-electron chi connectivity index (χ1n) is 8.62. The summed E-state index contributed by atoms with van der Waals surface area (Å²) in [6.45, 7) is 3.03. The van der Waals surface area contributed by atoms with E-state index < -0.39 is 0 Å². The Morgan fingerprint density at radius 2 is 1.68 bits per heavy atom. The van der Waals surface area contributed by atoms with Crippen LogP contribution in [-0.4, -0.2) is 25.3 Å². The van der Waals surface area contributed by atoms with E-state index in [1.54, 1.807) is 0 Å². The van der Waals surface area contributed by atoms with E-state index in [2.05, 4.69) is 19.3 Å². The number of hydrogen-bond acceptors (Lipinski definition) is 2. The van der Waals surface area contributed by atoms with Gasteiger partial charge in [-0.25, -0.2) is 0 Å². The van der Waals surface area contributed by atoms with Crippen molar-refractivity contribution in [1.82, 2.24) is 5.32 Å². The van der Waals surface area contributed by atoms with Crippen LogP contribution in [0, 0.1) is 5.92 Å². The predicted octanol–water partition coefficient (Wildman–Crippen LogP) is 4.28. The van der Waals surface area contributed by atoms with Gasteiger partial charge >= 0.3 is 0 Å². The van der Waals surface area contributed by atoms with Crippen molar-refractivity contribution in [2.24, 2.45) is 5.92 Å². The molecule has 2 heteroatoms. The third-order valence-corrected chi connectivity index (χ3v) is 5.41. The molecular formula is C17H33NO. The first-order chi connectivity index (χ1) is 9.30. The molecule has 1 unspecified atom stereocenters. The molecule has 0 amide bonds. The molecule has 0 aromatic rings. The van der Waals surface area contributed by atoms with Gasteiger partial charge in [-0.2, -0.15) is 0 Å². The van der Waals surface area contributed by atoms with Crippen LogP contribution in [-0.2, 0) is 4.74 Å². The Kier molecular flexibility index (Phi) is 6.15. The van der Waals surface area contributed by atoms with Crippen LogP contribution in [0.5, 0.6) is 0 Å². The maximum Gasteiger partial charge on any atom is 0.0834 e. The second-order valence-electron chi connectivity index (χ2n) is 6.64. The first kappa shape index (κ1) is 15.3. The highest BCUT2D eigenvalue weighted by Crippen LogP contribution is 2.38. The van der Waals surface area contributed by atoms with Gasteiger partial charge < -0.3 is 10.1 Å². The molecule has 0 bridgehead atoms. The third-order valence-electron chi connectivity index (χ3n) is 5.41. The molecule has 0 radical (unpaired) electrons. The van der Waals surface area contributed by atoms with Crippen molar-refractivity contribution < 1.29 is 4.74 Å². The molecule has 19 heavy (non-hydrogen) atoms. The van der Waals surface area contributed by atoms with E-state index in [-0.39, 0.29) is 5.60 Å². The van der Waals surface area contributed by atoms with E-state index in [4.69, 9.17) is 4.74 Å². The van der Waals surface area contributed by atoms with Gasteiger partial charge in [0.15, 0.2) is 0 Å². The van der Waals surface area contributed by atoms with Gasteiger partial charge in [-0.15, -0.1) is 0 Å².